The van der Waals surface area contributed by atoms with Gasteiger partial charge in [0.05, 0.1) is 30.8 Å². The summed E-state index contributed by atoms with van der Waals surface area (Å²) in [6.45, 7) is 4.52. The van der Waals surface area contributed by atoms with E-state index in [4.69, 9.17) is 20.2 Å². The Bertz CT molecular complexity index is 791. The molecular weight excluding hydrogens is 338 g/mol. The highest BCUT2D eigenvalue weighted by Crippen LogP contribution is 2.34. The van der Waals surface area contributed by atoms with Crippen LogP contribution < -0.4 is 10.5 Å². The number of thioether (sulfide) groups is 1. The summed E-state index contributed by atoms with van der Waals surface area (Å²) in [5, 5.41) is 0.755. The highest BCUT2D eigenvalue weighted by Gasteiger charge is 2.30. The molecule has 0 atom stereocenters. The van der Waals surface area contributed by atoms with Crippen LogP contribution in [0, 0.1) is 0 Å². The third-order valence-electron chi connectivity index (χ3n) is 3.95. The molecule has 1 aromatic carbocycles. The van der Waals surface area contributed by atoms with Crippen molar-refractivity contribution in [3.05, 3.63) is 35.5 Å². The van der Waals surface area contributed by atoms with Crippen LogP contribution in [0.5, 0.6) is 5.75 Å². The van der Waals surface area contributed by atoms with E-state index in [1.165, 1.54) is 11.8 Å². The lowest BCUT2D eigenvalue weighted by atomic mass is 9.96. The van der Waals surface area contributed by atoms with Gasteiger partial charge >= 0.3 is 0 Å². The predicted molar refractivity (Wildman–Crippen MR) is 96.5 cm³/mol. The second-order valence-corrected chi connectivity index (χ2v) is 7.45. The number of amides is 1. The second kappa shape index (κ2) is 7.01. The van der Waals surface area contributed by atoms with Crippen LogP contribution in [0.4, 0.5) is 0 Å². The standard InChI is InChI=1S/C18H21N3O3S/c1-18(2)8-14-13(9-24-18)17(25-10-15(19)22)21-16(20-14)11-4-6-12(23-3)7-5-11/h4-7H,8-10H2,1-3H3,(H2,19,22). The van der Waals surface area contributed by atoms with E-state index in [0.717, 1.165) is 27.6 Å². The molecule has 7 heteroatoms. The zero-order valence-corrected chi connectivity index (χ0v) is 15.4. The normalized spacial score (nSPS) is 15.5. The zero-order chi connectivity index (χ0) is 18.0. The molecule has 0 saturated heterocycles. The lowest BCUT2D eigenvalue weighted by Gasteiger charge is -2.32. The van der Waals surface area contributed by atoms with Gasteiger partial charge in [-0.1, -0.05) is 11.8 Å². The van der Waals surface area contributed by atoms with E-state index in [0.29, 0.717) is 18.9 Å². The van der Waals surface area contributed by atoms with Crippen LogP contribution in [-0.4, -0.2) is 34.3 Å². The summed E-state index contributed by atoms with van der Waals surface area (Å²) >= 11 is 1.33. The first kappa shape index (κ1) is 17.7. The van der Waals surface area contributed by atoms with E-state index in [2.05, 4.69) is 4.98 Å². The van der Waals surface area contributed by atoms with Crippen LogP contribution in [0.2, 0.25) is 0 Å². The van der Waals surface area contributed by atoms with Gasteiger partial charge in [-0.2, -0.15) is 0 Å². The molecule has 1 aliphatic heterocycles. The lowest BCUT2D eigenvalue weighted by molar-refractivity contribution is -0.115. The van der Waals surface area contributed by atoms with E-state index in [9.17, 15) is 4.79 Å². The third kappa shape index (κ3) is 4.11. The first-order chi connectivity index (χ1) is 11.9. The predicted octanol–water partition coefficient (Wildman–Crippen LogP) is 2.58. The van der Waals surface area contributed by atoms with Crippen LogP contribution in [0.25, 0.3) is 11.4 Å². The number of aromatic nitrogens is 2. The quantitative estimate of drug-likeness (QED) is 0.652. The Balaban J connectivity index is 2.03. The van der Waals surface area contributed by atoms with Gasteiger partial charge in [0.2, 0.25) is 5.91 Å². The smallest absolute Gasteiger partial charge is 0.227 e. The largest absolute Gasteiger partial charge is 0.497 e. The van der Waals surface area contributed by atoms with Gasteiger partial charge in [-0.05, 0) is 38.1 Å². The Labute approximate surface area is 151 Å². The first-order valence-electron chi connectivity index (χ1n) is 7.97. The molecule has 0 spiro atoms. The number of carbonyl (C=O) groups is 1. The number of hydrogen-bond acceptors (Lipinski definition) is 6. The minimum absolute atomic E-state index is 0.175. The number of hydrogen-bond donors (Lipinski definition) is 1. The van der Waals surface area contributed by atoms with E-state index >= 15 is 0 Å². The van der Waals surface area contributed by atoms with E-state index in [1.54, 1.807) is 7.11 Å². The number of methoxy groups -OCH3 is 1. The molecule has 132 valence electrons. The van der Waals surface area contributed by atoms with E-state index < -0.39 is 0 Å². The SMILES string of the molecule is COc1ccc(-c2nc3c(c(SCC(N)=O)n2)COC(C)(C)C3)cc1. The summed E-state index contributed by atoms with van der Waals surface area (Å²) in [4.78, 5) is 20.6. The highest BCUT2D eigenvalue weighted by molar-refractivity contribution is 7.99. The van der Waals surface area contributed by atoms with Crippen LogP contribution in [0.1, 0.15) is 25.1 Å². The van der Waals surface area contributed by atoms with Crippen LogP contribution in [0.15, 0.2) is 29.3 Å². The molecule has 6 nitrogen and oxygen atoms in total. The molecule has 1 amide bonds. The second-order valence-electron chi connectivity index (χ2n) is 6.49. The van der Waals surface area contributed by atoms with Crippen LogP contribution in [-0.2, 0) is 22.6 Å². The van der Waals surface area contributed by atoms with Crippen molar-refractivity contribution in [1.82, 2.24) is 9.97 Å². The number of rotatable bonds is 5. The summed E-state index contributed by atoms with van der Waals surface area (Å²) < 4.78 is 11.1. The number of carbonyl (C=O) groups excluding carboxylic acids is 1. The average Bonchev–Trinajstić information content (AvgIpc) is 2.58. The van der Waals surface area contributed by atoms with Crippen molar-refractivity contribution in [3.63, 3.8) is 0 Å². The van der Waals surface area contributed by atoms with Gasteiger partial charge in [0.15, 0.2) is 5.82 Å². The van der Waals surface area contributed by atoms with Gasteiger partial charge in [0.25, 0.3) is 0 Å². The molecule has 2 aromatic rings. The van der Waals surface area contributed by atoms with Crippen molar-refractivity contribution in [1.29, 1.82) is 0 Å². The topological polar surface area (TPSA) is 87.3 Å². The molecular formula is C18H21N3O3S. The molecule has 25 heavy (non-hydrogen) atoms. The molecule has 1 aliphatic rings. The monoisotopic (exact) mass is 359 g/mol. The number of benzene rings is 1. The number of nitrogens with two attached hydrogens (primary N) is 1. The number of primary amides is 1. The molecule has 0 saturated carbocycles. The minimum atomic E-state index is -0.375. The molecule has 2 N–H and O–H groups in total. The van der Waals surface area contributed by atoms with Gasteiger partial charge in [-0.15, -0.1) is 0 Å². The van der Waals surface area contributed by atoms with Crippen molar-refractivity contribution >= 4 is 17.7 Å². The summed E-state index contributed by atoms with van der Waals surface area (Å²) in [5.74, 6) is 1.21. The number of fused-ring (bicyclic) bond motifs is 1. The highest BCUT2D eigenvalue weighted by atomic mass is 32.2. The molecule has 0 bridgehead atoms. The summed E-state index contributed by atoms with van der Waals surface area (Å²) in [6, 6.07) is 7.60. The van der Waals surface area contributed by atoms with Gasteiger partial charge in [0.1, 0.15) is 10.8 Å². The maximum Gasteiger partial charge on any atom is 0.227 e. The Morgan fingerprint density at radius 3 is 2.68 bits per heavy atom. The molecule has 0 unspecified atom stereocenters. The average molecular weight is 359 g/mol. The summed E-state index contributed by atoms with van der Waals surface area (Å²) in [6.07, 6.45) is 0.693. The van der Waals surface area contributed by atoms with E-state index in [-0.39, 0.29) is 17.3 Å². The van der Waals surface area contributed by atoms with Crippen molar-refractivity contribution < 1.29 is 14.3 Å². The Morgan fingerprint density at radius 2 is 2.04 bits per heavy atom. The van der Waals surface area contributed by atoms with Gasteiger partial charge in [-0.25, -0.2) is 9.97 Å². The molecule has 0 fully saturated rings. The summed E-state index contributed by atoms with van der Waals surface area (Å²) in [7, 11) is 1.63. The zero-order valence-electron chi connectivity index (χ0n) is 14.5. The molecule has 3 rings (SSSR count). The fourth-order valence-corrected chi connectivity index (χ4v) is 3.43. The number of nitrogens with zero attached hydrogens (tertiary/aromatic N) is 2. The van der Waals surface area contributed by atoms with Gasteiger partial charge < -0.3 is 15.2 Å². The molecule has 1 aromatic heterocycles. The maximum absolute atomic E-state index is 11.2. The first-order valence-corrected chi connectivity index (χ1v) is 8.96. The van der Waals surface area contributed by atoms with Gasteiger partial charge in [0, 0.05) is 17.5 Å². The van der Waals surface area contributed by atoms with Crippen molar-refractivity contribution in [2.45, 2.75) is 37.5 Å². The molecule has 0 radical (unpaired) electrons. The maximum atomic E-state index is 11.2. The fourth-order valence-electron chi connectivity index (χ4n) is 2.65. The van der Waals surface area contributed by atoms with Gasteiger partial charge in [-0.3, -0.25) is 4.79 Å². The molecule has 2 heterocycles. The van der Waals surface area contributed by atoms with Crippen LogP contribution >= 0.6 is 11.8 Å². The van der Waals surface area contributed by atoms with Crippen molar-refractivity contribution in [2.24, 2.45) is 5.73 Å². The van der Waals surface area contributed by atoms with E-state index in [1.807, 2.05) is 38.1 Å². The lowest BCUT2D eigenvalue weighted by Crippen LogP contribution is -2.33. The summed E-state index contributed by atoms with van der Waals surface area (Å²) in [5.41, 5.74) is 7.82. The van der Waals surface area contributed by atoms with Crippen LogP contribution in [0.3, 0.4) is 0 Å². The fraction of sp³-hybridized carbons (Fsp3) is 0.389. The minimum Gasteiger partial charge on any atom is -0.497 e. The Kier molecular flexibility index (Phi) is 4.96. The third-order valence-corrected chi connectivity index (χ3v) is 4.99. The molecule has 0 aliphatic carbocycles. The van der Waals surface area contributed by atoms with Crippen molar-refractivity contribution in [2.75, 3.05) is 12.9 Å². The Hall–Kier alpha value is -2.12. The Morgan fingerprint density at radius 1 is 1.32 bits per heavy atom. The van der Waals surface area contributed by atoms with Crippen molar-refractivity contribution in [3.8, 4) is 17.1 Å². The number of ether oxygens (including phenoxy) is 2.